The van der Waals surface area contributed by atoms with Gasteiger partial charge in [-0.05, 0) is 36.4 Å². The third kappa shape index (κ3) is 4.04. The van der Waals surface area contributed by atoms with Crippen molar-refractivity contribution in [3.05, 3.63) is 42.0 Å². The summed E-state index contributed by atoms with van der Waals surface area (Å²) in [7, 11) is 4.75. The van der Waals surface area contributed by atoms with E-state index >= 15 is 0 Å². The first-order valence-electron chi connectivity index (χ1n) is 8.52. The highest BCUT2D eigenvalue weighted by Gasteiger charge is 2.14. The van der Waals surface area contributed by atoms with E-state index in [0.29, 0.717) is 28.6 Å². The molecule has 0 N–H and O–H groups in total. The molecule has 0 aliphatic heterocycles. The fourth-order valence-electron chi connectivity index (χ4n) is 2.75. The van der Waals surface area contributed by atoms with Gasteiger partial charge in [-0.15, -0.1) is 0 Å². The Morgan fingerprint density at radius 2 is 1.71 bits per heavy atom. The maximum Gasteiger partial charge on any atom is 0.303 e. The normalized spacial score (nSPS) is 10.1. The number of benzene rings is 2. The average Bonchev–Trinajstić information content (AvgIpc) is 3.14. The van der Waals surface area contributed by atoms with Crippen LogP contribution in [0.15, 0.2) is 40.8 Å². The van der Waals surface area contributed by atoms with Gasteiger partial charge >= 0.3 is 5.97 Å². The summed E-state index contributed by atoms with van der Waals surface area (Å²) in [5.74, 6) is 7.90. The number of fused-ring (bicyclic) bond motifs is 1. The zero-order valence-corrected chi connectivity index (χ0v) is 16.1. The quantitative estimate of drug-likeness (QED) is 0.492. The van der Waals surface area contributed by atoms with Crippen LogP contribution >= 0.6 is 0 Å². The third-order valence-corrected chi connectivity index (χ3v) is 4.05. The molecule has 0 aliphatic carbocycles. The summed E-state index contributed by atoms with van der Waals surface area (Å²) in [5, 5.41) is 0.848. The van der Waals surface area contributed by atoms with Gasteiger partial charge in [0.15, 0.2) is 29.4 Å². The summed E-state index contributed by atoms with van der Waals surface area (Å²) in [6.07, 6.45) is 0. The fraction of sp³-hybridized carbons (Fsp3) is 0.227. The van der Waals surface area contributed by atoms with Crippen molar-refractivity contribution in [1.29, 1.82) is 0 Å². The number of methoxy groups -OCH3 is 3. The molecule has 0 amide bonds. The van der Waals surface area contributed by atoms with Crippen LogP contribution in [0.1, 0.15) is 12.5 Å². The second-order valence-electron chi connectivity index (χ2n) is 5.86. The number of esters is 1. The van der Waals surface area contributed by atoms with Gasteiger partial charge in [0.1, 0.15) is 5.76 Å². The van der Waals surface area contributed by atoms with Crippen LogP contribution in [0.2, 0.25) is 0 Å². The summed E-state index contributed by atoms with van der Waals surface area (Å²) in [6, 6.07) is 11.2. The Labute approximate surface area is 162 Å². The van der Waals surface area contributed by atoms with Crippen molar-refractivity contribution < 1.29 is 28.2 Å². The highest BCUT2D eigenvalue weighted by Crippen LogP contribution is 2.37. The lowest BCUT2D eigenvalue weighted by Crippen LogP contribution is -1.97. The van der Waals surface area contributed by atoms with Crippen LogP contribution in [-0.2, 0) is 9.53 Å². The first-order valence-corrected chi connectivity index (χ1v) is 8.52. The molecule has 0 radical (unpaired) electrons. The Hall–Kier alpha value is -3.59. The van der Waals surface area contributed by atoms with Crippen LogP contribution in [-0.4, -0.2) is 33.9 Å². The van der Waals surface area contributed by atoms with Crippen LogP contribution in [0.3, 0.4) is 0 Å². The molecule has 3 rings (SSSR count). The molecule has 0 unspecified atom stereocenters. The lowest BCUT2D eigenvalue weighted by Gasteiger charge is -2.08. The summed E-state index contributed by atoms with van der Waals surface area (Å²) >= 11 is 0. The molecule has 0 fully saturated rings. The molecule has 6 nitrogen and oxygen atoms in total. The van der Waals surface area contributed by atoms with Crippen molar-refractivity contribution in [2.24, 2.45) is 0 Å². The maximum absolute atomic E-state index is 10.8. The Balaban J connectivity index is 1.99. The minimum absolute atomic E-state index is 0.0396. The molecule has 6 heteroatoms. The number of ether oxygens (including phenoxy) is 4. The second-order valence-corrected chi connectivity index (χ2v) is 5.86. The van der Waals surface area contributed by atoms with E-state index in [1.165, 1.54) is 6.92 Å². The largest absolute Gasteiger partial charge is 0.493 e. The van der Waals surface area contributed by atoms with Gasteiger partial charge in [0.25, 0.3) is 0 Å². The van der Waals surface area contributed by atoms with Gasteiger partial charge in [-0.3, -0.25) is 4.79 Å². The van der Waals surface area contributed by atoms with E-state index in [1.807, 2.05) is 30.3 Å². The number of furan rings is 1. The Bertz CT molecular complexity index is 1070. The summed E-state index contributed by atoms with van der Waals surface area (Å²) in [6.45, 7) is 1.38. The van der Waals surface area contributed by atoms with Gasteiger partial charge in [0, 0.05) is 23.4 Å². The van der Waals surface area contributed by atoms with Gasteiger partial charge in [0.2, 0.25) is 0 Å². The minimum atomic E-state index is -0.364. The predicted molar refractivity (Wildman–Crippen MR) is 105 cm³/mol. The zero-order valence-electron chi connectivity index (χ0n) is 16.1. The topological polar surface area (TPSA) is 67.1 Å². The van der Waals surface area contributed by atoms with Crippen molar-refractivity contribution in [1.82, 2.24) is 0 Å². The molecule has 144 valence electrons. The van der Waals surface area contributed by atoms with Crippen LogP contribution < -0.4 is 14.2 Å². The molecule has 1 heterocycles. The summed E-state index contributed by atoms with van der Waals surface area (Å²) in [5.41, 5.74) is 2.20. The molecule has 0 bridgehead atoms. The molecule has 0 spiro atoms. The van der Waals surface area contributed by atoms with Crippen molar-refractivity contribution in [3.63, 3.8) is 0 Å². The van der Waals surface area contributed by atoms with Gasteiger partial charge in [-0.25, -0.2) is 0 Å². The van der Waals surface area contributed by atoms with E-state index in [9.17, 15) is 4.79 Å². The Kier molecular flexibility index (Phi) is 5.75. The fourth-order valence-corrected chi connectivity index (χ4v) is 2.75. The lowest BCUT2D eigenvalue weighted by molar-refractivity contribution is -0.139. The van der Waals surface area contributed by atoms with Crippen molar-refractivity contribution in [2.45, 2.75) is 6.92 Å². The van der Waals surface area contributed by atoms with E-state index in [-0.39, 0.29) is 12.6 Å². The molecule has 28 heavy (non-hydrogen) atoms. The van der Waals surface area contributed by atoms with E-state index in [4.69, 9.17) is 23.4 Å². The number of hydrogen-bond acceptors (Lipinski definition) is 6. The van der Waals surface area contributed by atoms with E-state index < -0.39 is 0 Å². The first-order chi connectivity index (χ1) is 13.5. The smallest absolute Gasteiger partial charge is 0.303 e. The number of hydrogen-bond donors (Lipinski definition) is 0. The number of rotatable bonds is 5. The van der Waals surface area contributed by atoms with Crippen molar-refractivity contribution >= 4 is 16.9 Å². The summed E-state index contributed by atoms with van der Waals surface area (Å²) in [4.78, 5) is 10.8. The van der Waals surface area contributed by atoms with Crippen molar-refractivity contribution in [3.8, 4) is 40.4 Å². The van der Waals surface area contributed by atoms with Crippen LogP contribution in [0, 0.1) is 11.8 Å². The molecule has 3 aromatic rings. The second kappa shape index (κ2) is 8.40. The van der Waals surface area contributed by atoms with Crippen molar-refractivity contribution in [2.75, 3.05) is 27.9 Å². The summed E-state index contributed by atoms with van der Waals surface area (Å²) < 4.78 is 26.9. The Morgan fingerprint density at radius 1 is 0.964 bits per heavy atom. The highest BCUT2D eigenvalue weighted by molar-refractivity contribution is 5.89. The van der Waals surface area contributed by atoms with Gasteiger partial charge in [-0.1, -0.05) is 11.8 Å². The minimum Gasteiger partial charge on any atom is -0.493 e. The molecule has 0 saturated carbocycles. The lowest BCUT2D eigenvalue weighted by atomic mass is 10.1. The third-order valence-electron chi connectivity index (χ3n) is 4.05. The van der Waals surface area contributed by atoms with E-state index in [0.717, 1.165) is 16.5 Å². The molecule has 0 atom stereocenters. The molecule has 0 saturated heterocycles. The number of carbonyl (C=O) groups excluding carboxylic acids is 1. The van der Waals surface area contributed by atoms with Crippen LogP contribution in [0.5, 0.6) is 17.2 Å². The molecule has 1 aromatic heterocycles. The SMILES string of the molecule is COc1ccc(-c2cc3cc(C#CCOC(C)=O)cc(OC)c3o2)cc1OC. The zero-order chi connectivity index (χ0) is 20.1. The maximum atomic E-state index is 10.8. The molecule has 0 aliphatic rings. The standard InChI is InChI=1S/C22H20O6/c1-14(23)27-9-5-6-15-10-17-13-19(28-22(17)21(11-15)26-4)16-7-8-18(24-2)20(12-16)25-3/h7-8,10-13H,9H2,1-4H3. The molecule has 2 aromatic carbocycles. The van der Waals surface area contributed by atoms with Gasteiger partial charge in [0.05, 0.1) is 21.3 Å². The predicted octanol–water partition coefficient (Wildman–Crippen LogP) is 4.04. The molecular weight excluding hydrogens is 360 g/mol. The van der Waals surface area contributed by atoms with Gasteiger partial charge in [-0.2, -0.15) is 0 Å². The number of carbonyl (C=O) groups is 1. The Morgan fingerprint density at radius 3 is 2.39 bits per heavy atom. The van der Waals surface area contributed by atoms with Crippen LogP contribution in [0.4, 0.5) is 0 Å². The average molecular weight is 380 g/mol. The first kappa shape index (κ1) is 19.2. The molecular formula is C22H20O6. The van der Waals surface area contributed by atoms with E-state index in [1.54, 1.807) is 27.4 Å². The highest BCUT2D eigenvalue weighted by atomic mass is 16.5. The monoisotopic (exact) mass is 380 g/mol. The van der Waals surface area contributed by atoms with Crippen LogP contribution in [0.25, 0.3) is 22.3 Å². The van der Waals surface area contributed by atoms with Gasteiger partial charge < -0.3 is 23.4 Å². The van der Waals surface area contributed by atoms with E-state index in [2.05, 4.69) is 11.8 Å².